The molecule has 1 fully saturated rings. The van der Waals surface area contributed by atoms with Crippen molar-refractivity contribution < 1.29 is 4.74 Å². The standard InChI is InChI=1S/C11H24N2O/c1-4-9(2)7-10(12)11-8-13(3)5-6-14-11/h9-11H,4-8,12H2,1-3H3. The molecule has 0 saturated carbocycles. The lowest BCUT2D eigenvalue weighted by Gasteiger charge is -2.34. The third-order valence-corrected chi connectivity index (χ3v) is 3.15. The molecule has 1 rings (SSSR count). The molecule has 1 heterocycles. The van der Waals surface area contributed by atoms with Crippen LogP contribution in [0.5, 0.6) is 0 Å². The molecule has 1 aliphatic heterocycles. The Morgan fingerprint density at radius 1 is 1.57 bits per heavy atom. The topological polar surface area (TPSA) is 38.5 Å². The molecule has 14 heavy (non-hydrogen) atoms. The summed E-state index contributed by atoms with van der Waals surface area (Å²) in [4.78, 5) is 2.30. The summed E-state index contributed by atoms with van der Waals surface area (Å²) in [6, 6.07) is 0.202. The van der Waals surface area contributed by atoms with Crippen LogP contribution in [0.15, 0.2) is 0 Å². The molecule has 3 heteroatoms. The normalized spacial score (nSPS) is 28.7. The molecule has 3 nitrogen and oxygen atoms in total. The third kappa shape index (κ3) is 3.56. The Bertz CT molecular complexity index is 163. The highest BCUT2D eigenvalue weighted by Crippen LogP contribution is 2.15. The van der Waals surface area contributed by atoms with Crippen LogP contribution in [-0.4, -0.2) is 43.8 Å². The lowest BCUT2D eigenvalue weighted by molar-refractivity contribution is -0.0352. The zero-order valence-electron chi connectivity index (χ0n) is 9.70. The second-order valence-electron chi connectivity index (χ2n) is 4.58. The van der Waals surface area contributed by atoms with E-state index >= 15 is 0 Å². The molecule has 0 aromatic heterocycles. The molecular formula is C11H24N2O. The lowest BCUT2D eigenvalue weighted by atomic mass is 9.96. The molecule has 0 amide bonds. The van der Waals surface area contributed by atoms with Gasteiger partial charge in [-0.2, -0.15) is 0 Å². The van der Waals surface area contributed by atoms with Crippen LogP contribution in [0.4, 0.5) is 0 Å². The monoisotopic (exact) mass is 200 g/mol. The number of hydrogen-bond acceptors (Lipinski definition) is 3. The number of nitrogens with two attached hydrogens (primary N) is 1. The van der Waals surface area contributed by atoms with Gasteiger partial charge >= 0.3 is 0 Å². The highest BCUT2D eigenvalue weighted by molar-refractivity contribution is 4.80. The first-order chi connectivity index (χ1) is 6.63. The molecule has 1 saturated heterocycles. The number of hydrogen-bond donors (Lipinski definition) is 1. The molecule has 0 radical (unpaired) electrons. The van der Waals surface area contributed by atoms with E-state index in [9.17, 15) is 0 Å². The highest BCUT2D eigenvalue weighted by atomic mass is 16.5. The fraction of sp³-hybridized carbons (Fsp3) is 1.00. The summed E-state index contributed by atoms with van der Waals surface area (Å²) in [5, 5.41) is 0. The fourth-order valence-electron chi connectivity index (χ4n) is 1.85. The maximum absolute atomic E-state index is 6.14. The third-order valence-electron chi connectivity index (χ3n) is 3.15. The van der Waals surface area contributed by atoms with Crippen LogP contribution in [-0.2, 0) is 4.74 Å². The average molecular weight is 200 g/mol. The predicted molar refractivity (Wildman–Crippen MR) is 59.3 cm³/mol. The summed E-state index contributed by atoms with van der Waals surface area (Å²) in [5.41, 5.74) is 6.14. The smallest absolute Gasteiger partial charge is 0.0853 e. The van der Waals surface area contributed by atoms with Crippen molar-refractivity contribution in [3.05, 3.63) is 0 Å². The van der Waals surface area contributed by atoms with Gasteiger partial charge in [0.15, 0.2) is 0 Å². The van der Waals surface area contributed by atoms with Gasteiger partial charge in [0, 0.05) is 19.1 Å². The zero-order valence-corrected chi connectivity index (χ0v) is 9.70. The van der Waals surface area contributed by atoms with Gasteiger partial charge in [-0.1, -0.05) is 20.3 Å². The summed E-state index contributed by atoms with van der Waals surface area (Å²) in [7, 11) is 2.13. The molecule has 0 aromatic carbocycles. The van der Waals surface area contributed by atoms with Crippen LogP contribution in [0.25, 0.3) is 0 Å². The Morgan fingerprint density at radius 2 is 2.29 bits per heavy atom. The molecule has 0 spiro atoms. The first-order valence-corrected chi connectivity index (χ1v) is 5.69. The van der Waals surface area contributed by atoms with Gasteiger partial charge in [-0.3, -0.25) is 0 Å². The van der Waals surface area contributed by atoms with Crippen LogP contribution in [0, 0.1) is 5.92 Å². The maximum atomic E-state index is 6.14. The Balaban J connectivity index is 2.31. The first-order valence-electron chi connectivity index (χ1n) is 5.69. The van der Waals surface area contributed by atoms with Crippen molar-refractivity contribution in [2.45, 2.75) is 38.8 Å². The zero-order chi connectivity index (χ0) is 10.6. The van der Waals surface area contributed by atoms with Crippen LogP contribution < -0.4 is 5.73 Å². The van der Waals surface area contributed by atoms with Gasteiger partial charge in [-0.05, 0) is 19.4 Å². The van der Waals surface area contributed by atoms with Crippen molar-refractivity contribution in [1.82, 2.24) is 4.90 Å². The summed E-state index contributed by atoms with van der Waals surface area (Å²) in [5.74, 6) is 0.709. The summed E-state index contributed by atoms with van der Waals surface area (Å²) in [6.07, 6.45) is 2.52. The number of nitrogens with zero attached hydrogens (tertiary/aromatic N) is 1. The molecule has 0 bridgehead atoms. The number of rotatable bonds is 4. The predicted octanol–water partition coefficient (Wildman–Crippen LogP) is 1.08. The second kappa shape index (κ2) is 5.69. The van der Waals surface area contributed by atoms with E-state index in [2.05, 4.69) is 25.8 Å². The van der Waals surface area contributed by atoms with Crippen molar-refractivity contribution in [1.29, 1.82) is 0 Å². The van der Waals surface area contributed by atoms with Crippen LogP contribution in [0.2, 0.25) is 0 Å². The van der Waals surface area contributed by atoms with E-state index in [0.717, 1.165) is 26.1 Å². The van der Waals surface area contributed by atoms with Gasteiger partial charge in [0.1, 0.15) is 0 Å². The highest BCUT2D eigenvalue weighted by Gasteiger charge is 2.24. The van der Waals surface area contributed by atoms with Gasteiger partial charge in [0.05, 0.1) is 12.7 Å². The molecule has 0 aromatic rings. The second-order valence-corrected chi connectivity index (χ2v) is 4.58. The van der Waals surface area contributed by atoms with Gasteiger partial charge < -0.3 is 15.4 Å². The molecule has 2 N–H and O–H groups in total. The quantitative estimate of drug-likeness (QED) is 0.738. The van der Waals surface area contributed by atoms with Crippen molar-refractivity contribution >= 4 is 0 Å². The van der Waals surface area contributed by atoms with E-state index in [1.165, 1.54) is 6.42 Å². The molecule has 3 atom stereocenters. The van der Waals surface area contributed by atoms with Crippen LogP contribution >= 0.6 is 0 Å². The summed E-state index contributed by atoms with van der Waals surface area (Å²) < 4.78 is 5.69. The molecule has 3 unspecified atom stereocenters. The SMILES string of the molecule is CCC(C)CC(N)C1CN(C)CCO1. The lowest BCUT2D eigenvalue weighted by Crippen LogP contribution is -2.49. The Labute approximate surface area is 87.6 Å². The van der Waals surface area contributed by atoms with Crippen LogP contribution in [0.1, 0.15) is 26.7 Å². The van der Waals surface area contributed by atoms with Gasteiger partial charge in [0.2, 0.25) is 0 Å². The van der Waals surface area contributed by atoms with Crippen molar-refractivity contribution in [2.24, 2.45) is 11.7 Å². The van der Waals surface area contributed by atoms with E-state index in [4.69, 9.17) is 10.5 Å². The van der Waals surface area contributed by atoms with E-state index in [0.29, 0.717) is 5.92 Å². The Hall–Kier alpha value is -0.120. The van der Waals surface area contributed by atoms with Crippen LogP contribution in [0.3, 0.4) is 0 Å². The minimum atomic E-state index is 0.202. The maximum Gasteiger partial charge on any atom is 0.0853 e. The van der Waals surface area contributed by atoms with E-state index in [1.54, 1.807) is 0 Å². The Kier molecular flexibility index (Phi) is 4.85. The van der Waals surface area contributed by atoms with Crippen molar-refractivity contribution in [3.63, 3.8) is 0 Å². The average Bonchev–Trinajstić information content (AvgIpc) is 2.17. The molecule has 0 aliphatic carbocycles. The van der Waals surface area contributed by atoms with E-state index < -0.39 is 0 Å². The molecular weight excluding hydrogens is 176 g/mol. The summed E-state index contributed by atoms with van der Waals surface area (Å²) >= 11 is 0. The molecule has 1 aliphatic rings. The minimum absolute atomic E-state index is 0.202. The van der Waals surface area contributed by atoms with Gasteiger partial charge in [-0.15, -0.1) is 0 Å². The largest absolute Gasteiger partial charge is 0.374 e. The molecule has 84 valence electrons. The van der Waals surface area contributed by atoms with Gasteiger partial charge in [-0.25, -0.2) is 0 Å². The van der Waals surface area contributed by atoms with E-state index in [1.807, 2.05) is 0 Å². The fourth-order valence-corrected chi connectivity index (χ4v) is 1.85. The number of likely N-dealkylation sites (N-methyl/N-ethyl adjacent to an activating group) is 1. The minimum Gasteiger partial charge on any atom is -0.374 e. The number of ether oxygens (including phenoxy) is 1. The van der Waals surface area contributed by atoms with Gasteiger partial charge in [0.25, 0.3) is 0 Å². The van der Waals surface area contributed by atoms with E-state index in [-0.39, 0.29) is 12.1 Å². The number of morpholine rings is 1. The van der Waals surface area contributed by atoms with Crippen molar-refractivity contribution in [2.75, 3.05) is 26.7 Å². The van der Waals surface area contributed by atoms with Crippen molar-refractivity contribution in [3.8, 4) is 0 Å². The first kappa shape index (κ1) is 12.0. The summed E-state index contributed by atoms with van der Waals surface area (Å²) in [6.45, 7) is 7.32. The Morgan fingerprint density at radius 3 is 2.86 bits per heavy atom.